The quantitative estimate of drug-likeness (QED) is 0.838. The van der Waals surface area contributed by atoms with Crippen molar-refractivity contribution >= 4 is 17.6 Å². The molecule has 2 fully saturated rings. The lowest BCUT2D eigenvalue weighted by Gasteiger charge is -2.27. The van der Waals surface area contributed by atoms with E-state index in [2.05, 4.69) is 20.2 Å². The summed E-state index contributed by atoms with van der Waals surface area (Å²) in [7, 11) is 0. The van der Waals surface area contributed by atoms with Crippen LogP contribution in [0.25, 0.3) is 0 Å². The predicted octanol–water partition coefficient (Wildman–Crippen LogP) is 0.583. The summed E-state index contributed by atoms with van der Waals surface area (Å²) >= 11 is 0. The lowest BCUT2D eigenvalue weighted by molar-refractivity contribution is -0.131. The van der Waals surface area contributed by atoms with Gasteiger partial charge >= 0.3 is 0 Å². The Morgan fingerprint density at radius 3 is 2.80 bits per heavy atom. The summed E-state index contributed by atoms with van der Waals surface area (Å²) in [5, 5.41) is 2.53. The van der Waals surface area contributed by atoms with Crippen molar-refractivity contribution in [3.8, 4) is 5.88 Å². The average Bonchev–Trinajstić information content (AvgIpc) is 3.09. The molecule has 1 N–H and O–H groups in total. The summed E-state index contributed by atoms with van der Waals surface area (Å²) in [5.41, 5.74) is 0. The topological polar surface area (TPSA) is 87.7 Å². The Morgan fingerprint density at radius 2 is 2.04 bits per heavy atom. The molecule has 0 bridgehead atoms. The normalized spacial score (nSPS) is 20.4. The Morgan fingerprint density at radius 1 is 1.24 bits per heavy atom. The highest BCUT2D eigenvalue weighted by molar-refractivity contribution is 5.83. The number of anilines is 1. The third kappa shape index (κ3) is 4.80. The second-order valence-electron chi connectivity index (χ2n) is 6.54. The third-order valence-electron chi connectivity index (χ3n) is 4.58. The van der Waals surface area contributed by atoms with Gasteiger partial charge in [0.05, 0.1) is 13.1 Å². The van der Waals surface area contributed by atoms with Gasteiger partial charge in [0.15, 0.2) is 0 Å². The van der Waals surface area contributed by atoms with E-state index in [1.165, 1.54) is 32.5 Å². The maximum Gasteiger partial charge on any atom is 0.242 e. The SMILES string of the molecule is CC(=O)NCC(=O)N1CC[C@H](Oc2cc(N3CCCCC3)ncn2)C1. The lowest BCUT2D eigenvalue weighted by Crippen LogP contribution is -2.39. The van der Waals surface area contributed by atoms with Gasteiger partial charge in [-0.25, -0.2) is 9.97 Å². The molecule has 136 valence electrons. The van der Waals surface area contributed by atoms with E-state index in [0.717, 1.165) is 25.3 Å². The Hall–Kier alpha value is -2.38. The van der Waals surface area contributed by atoms with Crippen LogP contribution in [0.15, 0.2) is 12.4 Å². The molecule has 8 nitrogen and oxygen atoms in total. The molecular weight excluding hydrogens is 322 g/mol. The summed E-state index contributed by atoms with van der Waals surface area (Å²) in [6.45, 7) is 4.62. The number of hydrogen-bond acceptors (Lipinski definition) is 6. The molecule has 0 unspecified atom stereocenters. The van der Waals surface area contributed by atoms with E-state index in [1.54, 1.807) is 4.90 Å². The average molecular weight is 347 g/mol. The highest BCUT2D eigenvalue weighted by Crippen LogP contribution is 2.22. The molecule has 0 radical (unpaired) electrons. The Balaban J connectivity index is 1.53. The van der Waals surface area contributed by atoms with Crippen molar-refractivity contribution in [3.63, 3.8) is 0 Å². The van der Waals surface area contributed by atoms with E-state index in [-0.39, 0.29) is 24.5 Å². The van der Waals surface area contributed by atoms with Crippen LogP contribution in [-0.4, -0.2) is 65.5 Å². The van der Waals surface area contributed by atoms with Crippen LogP contribution in [0.2, 0.25) is 0 Å². The Labute approximate surface area is 147 Å². The van der Waals surface area contributed by atoms with Gasteiger partial charge in [-0.15, -0.1) is 0 Å². The minimum absolute atomic E-state index is 0.0364. The molecule has 0 aliphatic carbocycles. The maximum atomic E-state index is 12.0. The molecule has 2 saturated heterocycles. The number of carbonyl (C=O) groups excluding carboxylic acids is 2. The molecule has 1 aromatic rings. The first kappa shape index (κ1) is 17.4. The molecule has 25 heavy (non-hydrogen) atoms. The number of hydrogen-bond donors (Lipinski definition) is 1. The number of rotatable bonds is 5. The van der Waals surface area contributed by atoms with Crippen molar-refractivity contribution in [1.29, 1.82) is 0 Å². The number of aromatic nitrogens is 2. The monoisotopic (exact) mass is 347 g/mol. The van der Waals surface area contributed by atoms with Gasteiger partial charge in [-0.2, -0.15) is 0 Å². The number of ether oxygens (including phenoxy) is 1. The van der Waals surface area contributed by atoms with Crippen LogP contribution < -0.4 is 15.0 Å². The zero-order chi connectivity index (χ0) is 17.6. The molecular formula is C17H25N5O3. The molecule has 1 atom stereocenters. The van der Waals surface area contributed by atoms with Crippen LogP contribution >= 0.6 is 0 Å². The number of amides is 2. The predicted molar refractivity (Wildman–Crippen MR) is 92.4 cm³/mol. The number of nitrogens with zero attached hydrogens (tertiary/aromatic N) is 4. The van der Waals surface area contributed by atoms with E-state index >= 15 is 0 Å². The summed E-state index contributed by atoms with van der Waals surface area (Å²) in [4.78, 5) is 35.5. The fourth-order valence-corrected chi connectivity index (χ4v) is 3.22. The van der Waals surface area contributed by atoms with Crippen LogP contribution in [0, 0.1) is 0 Å². The molecule has 0 spiro atoms. The third-order valence-corrected chi connectivity index (χ3v) is 4.58. The van der Waals surface area contributed by atoms with Crippen molar-refractivity contribution in [2.45, 2.75) is 38.7 Å². The van der Waals surface area contributed by atoms with Crippen LogP contribution in [0.3, 0.4) is 0 Å². The molecule has 8 heteroatoms. The van der Waals surface area contributed by atoms with Gasteiger partial charge in [0.2, 0.25) is 17.7 Å². The minimum atomic E-state index is -0.202. The van der Waals surface area contributed by atoms with Crippen molar-refractivity contribution in [2.24, 2.45) is 0 Å². The number of likely N-dealkylation sites (tertiary alicyclic amines) is 1. The fourth-order valence-electron chi connectivity index (χ4n) is 3.22. The van der Waals surface area contributed by atoms with Gasteiger partial charge in [-0.3, -0.25) is 9.59 Å². The van der Waals surface area contributed by atoms with Crippen LogP contribution in [-0.2, 0) is 9.59 Å². The summed E-state index contributed by atoms with van der Waals surface area (Å²) < 4.78 is 5.95. The molecule has 2 aliphatic heterocycles. The van der Waals surface area contributed by atoms with Crippen LogP contribution in [0.5, 0.6) is 5.88 Å². The fraction of sp³-hybridized carbons (Fsp3) is 0.647. The van der Waals surface area contributed by atoms with Gasteiger partial charge < -0.3 is 19.9 Å². The Bertz CT molecular complexity index is 618. The van der Waals surface area contributed by atoms with E-state index in [1.807, 2.05) is 6.07 Å². The highest BCUT2D eigenvalue weighted by Gasteiger charge is 2.28. The zero-order valence-electron chi connectivity index (χ0n) is 14.6. The number of piperidine rings is 1. The van der Waals surface area contributed by atoms with Gasteiger partial charge in [-0.1, -0.05) is 0 Å². The van der Waals surface area contributed by atoms with Gasteiger partial charge in [0, 0.05) is 39.0 Å². The molecule has 3 rings (SSSR count). The van der Waals surface area contributed by atoms with Crippen molar-refractivity contribution in [3.05, 3.63) is 12.4 Å². The molecule has 0 saturated carbocycles. The van der Waals surface area contributed by atoms with Gasteiger partial charge in [-0.05, 0) is 19.3 Å². The summed E-state index contributed by atoms with van der Waals surface area (Å²) in [5.74, 6) is 1.17. The van der Waals surface area contributed by atoms with Crippen molar-refractivity contribution < 1.29 is 14.3 Å². The first-order valence-electron chi connectivity index (χ1n) is 8.87. The standard InChI is InChI=1S/C17H25N5O3/c1-13(23)18-10-17(24)22-8-5-14(11-22)25-16-9-15(19-12-20-16)21-6-3-2-4-7-21/h9,12,14H,2-8,10-11H2,1H3,(H,18,23)/t14-/m0/s1. The molecule has 3 heterocycles. The van der Waals surface area contributed by atoms with Gasteiger partial charge in [0.25, 0.3) is 0 Å². The van der Waals surface area contributed by atoms with E-state index < -0.39 is 0 Å². The lowest BCUT2D eigenvalue weighted by atomic mass is 10.1. The smallest absolute Gasteiger partial charge is 0.242 e. The van der Waals surface area contributed by atoms with Gasteiger partial charge in [0.1, 0.15) is 18.2 Å². The molecule has 2 amide bonds. The first-order valence-corrected chi connectivity index (χ1v) is 8.87. The number of carbonyl (C=O) groups is 2. The van der Waals surface area contributed by atoms with E-state index in [9.17, 15) is 9.59 Å². The molecule has 2 aliphatic rings. The summed E-state index contributed by atoms with van der Waals surface area (Å²) in [6.07, 6.45) is 5.87. The van der Waals surface area contributed by atoms with E-state index in [4.69, 9.17) is 4.74 Å². The second-order valence-corrected chi connectivity index (χ2v) is 6.54. The first-order chi connectivity index (χ1) is 12.1. The highest BCUT2D eigenvalue weighted by atomic mass is 16.5. The van der Waals surface area contributed by atoms with E-state index in [0.29, 0.717) is 19.0 Å². The summed E-state index contributed by atoms with van der Waals surface area (Å²) in [6, 6.07) is 1.88. The van der Waals surface area contributed by atoms with Crippen LogP contribution in [0.1, 0.15) is 32.6 Å². The zero-order valence-corrected chi connectivity index (χ0v) is 14.6. The maximum absolute atomic E-state index is 12.0. The van der Waals surface area contributed by atoms with Crippen molar-refractivity contribution in [1.82, 2.24) is 20.2 Å². The molecule has 1 aromatic heterocycles. The Kier molecular flexibility index (Phi) is 5.67. The largest absolute Gasteiger partial charge is 0.472 e. The minimum Gasteiger partial charge on any atom is -0.472 e. The van der Waals surface area contributed by atoms with Crippen LogP contribution in [0.4, 0.5) is 5.82 Å². The second kappa shape index (κ2) is 8.13. The molecule has 0 aromatic carbocycles. The number of nitrogens with one attached hydrogen (secondary N) is 1. The van der Waals surface area contributed by atoms with Crippen molar-refractivity contribution in [2.75, 3.05) is 37.6 Å².